The summed E-state index contributed by atoms with van der Waals surface area (Å²) in [6, 6.07) is 11.1. The van der Waals surface area contributed by atoms with Gasteiger partial charge in [-0.05, 0) is 30.3 Å². The van der Waals surface area contributed by atoms with Gasteiger partial charge in [0.2, 0.25) is 0 Å². The number of amides is 2. The Balaban J connectivity index is 1.73. The van der Waals surface area contributed by atoms with Gasteiger partial charge in [-0.1, -0.05) is 18.2 Å². The molecule has 0 aliphatic rings. The standard InChI is InChI=1S/C23H17F5N2O4/c1-30(12-13-4-2-3-5-20(13)34-23(26,27)28)22(33)18-7-6-17(11-19(18)31)29-21(32)14-8-15(24)10-16(25)9-14/h2-11,31H,12H2,1H3,(H,29,32). The molecule has 3 aromatic carbocycles. The van der Waals surface area contributed by atoms with Crippen molar-refractivity contribution in [2.24, 2.45) is 0 Å². The van der Waals surface area contributed by atoms with Crippen molar-refractivity contribution < 1.29 is 41.4 Å². The van der Waals surface area contributed by atoms with E-state index in [1.807, 2.05) is 0 Å². The maximum Gasteiger partial charge on any atom is 0.573 e. The van der Waals surface area contributed by atoms with Gasteiger partial charge in [0.15, 0.2) is 0 Å². The zero-order valence-corrected chi connectivity index (χ0v) is 17.5. The molecule has 0 saturated heterocycles. The summed E-state index contributed by atoms with van der Waals surface area (Å²) in [5.41, 5.74) is -0.361. The van der Waals surface area contributed by atoms with Gasteiger partial charge in [-0.25, -0.2) is 8.78 Å². The van der Waals surface area contributed by atoms with Gasteiger partial charge in [-0.15, -0.1) is 13.2 Å². The van der Waals surface area contributed by atoms with Crippen LogP contribution in [-0.4, -0.2) is 35.2 Å². The van der Waals surface area contributed by atoms with E-state index in [0.29, 0.717) is 6.07 Å². The number of nitrogens with one attached hydrogen (secondary N) is 1. The van der Waals surface area contributed by atoms with Crippen molar-refractivity contribution in [1.82, 2.24) is 4.90 Å². The van der Waals surface area contributed by atoms with Crippen molar-refractivity contribution in [3.05, 3.63) is 89.0 Å². The second-order valence-electron chi connectivity index (χ2n) is 7.16. The number of phenolic OH excluding ortho intramolecular Hbond substituents is 1. The highest BCUT2D eigenvalue weighted by Crippen LogP contribution is 2.28. The summed E-state index contributed by atoms with van der Waals surface area (Å²) in [4.78, 5) is 26.0. The zero-order chi connectivity index (χ0) is 25.0. The second kappa shape index (κ2) is 9.77. The third kappa shape index (κ3) is 6.21. The number of anilines is 1. The Labute approximate surface area is 190 Å². The van der Waals surface area contributed by atoms with Gasteiger partial charge in [0.25, 0.3) is 11.8 Å². The Morgan fingerprint density at radius 1 is 1.00 bits per heavy atom. The molecule has 0 unspecified atom stereocenters. The van der Waals surface area contributed by atoms with Crippen molar-refractivity contribution in [2.75, 3.05) is 12.4 Å². The molecule has 2 N–H and O–H groups in total. The number of carbonyl (C=O) groups excluding carboxylic acids is 2. The molecule has 0 spiro atoms. The van der Waals surface area contributed by atoms with Crippen LogP contribution in [0.1, 0.15) is 26.3 Å². The van der Waals surface area contributed by atoms with Crippen LogP contribution in [0.25, 0.3) is 0 Å². The lowest BCUT2D eigenvalue weighted by molar-refractivity contribution is -0.275. The van der Waals surface area contributed by atoms with Crippen molar-refractivity contribution in [1.29, 1.82) is 0 Å². The molecular formula is C23H17F5N2O4. The van der Waals surface area contributed by atoms with Crippen LogP contribution in [0.4, 0.5) is 27.6 Å². The average molecular weight is 480 g/mol. The molecule has 0 atom stereocenters. The lowest BCUT2D eigenvalue weighted by Crippen LogP contribution is -2.27. The third-order valence-corrected chi connectivity index (χ3v) is 4.56. The van der Waals surface area contributed by atoms with Crippen molar-refractivity contribution in [3.8, 4) is 11.5 Å². The molecule has 34 heavy (non-hydrogen) atoms. The van der Waals surface area contributed by atoms with E-state index in [2.05, 4.69) is 10.1 Å². The number of alkyl halides is 3. The van der Waals surface area contributed by atoms with E-state index in [0.717, 1.165) is 29.2 Å². The number of phenols is 1. The molecule has 0 bridgehead atoms. The first kappa shape index (κ1) is 24.5. The molecule has 0 fully saturated rings. The fraction of sp³-hybridized carbons (Fsp3) is 0.130. The number of aromatic hydroxyl groups is 1. The van der Waals surface area contributed by atoms with Gasteiger partial charge in [-0.2, -0.15) is 0 Å². The summed E-state index contributed by atoms with van der Waals surface area (Å²) in [5, 5.41) is 12.6. The number of ether oxygens (including phenoxy) is 1. The summed E-state index contributed by atoms with van der Waals surface area (Å²) in [5.74, 6) is -4.45. The van der Waals surface area contributed by atoms with Gasteiger partial charge in [0, 0.05) is 42.5 Å². The SMILES string of the molecule is CN(Cc1ccccc1OC(F)(F)F)C(=O)c1ccc(NC(=O)c2cc(F)cc(F)c2)cc1O. The first-order chi connectivity index (χ1) is 15.9. The normalized spacial score (nSPS) is 11.1. The topological polar surface area (TPSA) is 78.9 Å². The molecule has 0 heterocycles. The first-order valence-electron chi connectivity index (χ1n) is 9.62. The minimum absolute atomic E-state index is 0.0373. The van der Waals surface area contributed by atoms with E-state index in [-0.39, 0.29) is 28.9 Å². The number of benzene rings is 3. The van der Waals surface area contributed by atoms with Crippen LogP contribution >= 0.6 is 0 Å². The van der Waals surface area contributed by atoms with Crippen LogP contribution in [-0.2, 0) is 6.54 Å². The van der Waals surface area contributed by atoms with E-state index >= 15 is 0 Å². The van der Waals surface area contributed by atoms with Gasteiger partial charge in [0.1, 0.15) is 23.1 Å². The number of hydrogen-bond donors (Lipinski definition) is 2. The Bertz CT molecular complexity index is 1210. The van der Waals surface area contributed by atoms with Crippen LogP contribution < -0.4 is 10.1 Å². The minimum Gasteiger partial charge on any atom is -0.507 e. The molecule has 3 rings (SSSR count). The van der Waals surface area contributed by atoms with Gasteiger partial charge in [-0.3, -0.25) is 9.59 Å². The average Bonchev–Trinajstić information content (AvgIpc) is 2.73. The van der Waals surface area contributed by atoms with E-state index in [9.17, 15) is 36.6 Å². The number of nitrogens with zero attached hydrogens (tertiary/aromatic N) is 1. The highest BCUT2D eigenvalue weighted by atomic mass is 19.4. The Hall–Kier alpha value is -4.15. The molecule has 178 valence electrons. The molecule has 0 radical (unpaired) electrons. The Morgan fingerprint density at radius 2 is 1.65 bits per heavy atom. The van der Waals surface area contributed by atoms with Crippen LogP contribution in [0.5, 0.6) is 11.5 Å². The summed E-state index contributed by atoms with van der Waals surface area (Å²) < 4.78 is 68.4. The second-order valence-corrected chi connectivity index (χ2v) is 7.16. The first-order valence-corrected chi connectivity index (χ1v) is 9.62. The zero-order valence-electron chi connectivity index (χ0n) is 17.5. The summed E-state index contributed by atoms with van der Waals surface area (Å²) in [7, 11) is 1.32. The Kier molecular flexibility index (Phi) is 7.04. The third-order valence-electron chi connectivity index (χ3n) is 4.56. The van der Waals surface area contributed by atoms with Crippen LogP contribution in [0, 0.1) is 11.6 Å². The fourth-order valence-electron chi connectivity index (χ4n) is 3.07. The summed E-state index contributed by atoms with van der Waals surface area (Å²) >= 11 is 0. The van der Waals surface area contributed by atoms with Crippen molar-refractivity contribution in [2.45, 2.75) is 12.9 Å². The van der Waals surface area contributed by atoms with Crippen molar-refractivity contribution in [3.63, 3.8) is 0 Å². The number of rotatable bonds is 6. The highest BCUT2D eigenvalue weighted by Gasteiger charge is 2.32. The maximum atomic E-state index is 13.3. The molecule has 0 aliphatic heterocycles. The molecular weight excluding hydrogens is 463 g/mol. The molecule has 0 saturated carbocycles. The molecule has 6 nitrogen and oxygen atoms in total. The van der Waals surface area contributed by atoms with E-state index in [1.165, 1.54) is 37.4 Å². The molecule has 0 aromatic heterocycles. The van der Waals surface area contributed by atoms with E-state index < -0.39 is 41.3 Å². The predicted octanol–water partition coefficient (Wildman–Crippen LogP) is 5.09. The lowest BCUT2D eigenvalue weighted by atomic mass is 10.1. The molecule has 11 heteroatoms. The van der Waals surface area contributed by atoms with Crippen LogP contribution in [0.3, 0.4) is 0 Å². The Morgan fingerprint density at radius 3 is 2.26 bits per heavy atom. The van der Waals surface area contributed by atoms with E-state index in [1.54, 1.807) is 0 Å². The molecule has 0 aliphatic carbocycles. The van der Waals surface area contributed by atoms with Crippen molar-refractivity contribution >= 4 is 17.5 Å². The summed E-state index contributed by atoms with van der Waals surface area (Å²) in [6.45, 7) is -0.256. The molecule has 3 aromatic rings. The number of para-hydroxylation sites is 1. The largest absolute Gasteiger partial charge is 0.573 e. The van der Waals surface area contributed by atoms with Gasteiger partial charge >= 0.3 is 6.36 Å². The highest BCUT2D eigenvalue weighted by molar-refractivity contribution is 6.05. The van der Waals surface area contributed by atoms with E-state index in [4.69, 9.17) is 0 Å². The smallest absolute Gasteiger partial charge is 0.507 e. The van der Waals surface area contributed by atoms with Crippen LogP contribution in [0.2, 0.25) is 0 Å². The number of carbonyl (C=O) groups is 2. The maximum absolute atomic E-state index is 13.3. The summed E-state index contributed by atoms with van der Waals surface area (Å²) in [6.07, 6.45) is -4.91. The number of halogens is 5. The minimum atomic E-state index is -4.91. The fourth-order valence-corrected chi connectivity index (χ4v) is 3.07. The van der Waals surface area contributed by atoms with Crippen LogP contribution in [0.15, 0.2) is 60.7 Å². The number of hydrogen-bond acceptors (Lipinski definition) is 4. The quantitative estimate of drug-likeness (QED) is 0.482. The predicted molar refractivity (Wildman–Crippen MR) is 111 cm³/mol. The van der Waals surface area contributed by atoms with Gasteiger partial charge in [0.05, 0.1) is 5.56 Å². The lowest BCUT2D eigenvalue weighted by Gasteiger charge is -2.20. The molecule has 2 amide bonds. The monoisotopic (exact) mass is 480 g/mol. The van der Waals surface area contributed by atoms with Gasteiger partial charge < -0.3 is 20.1 Å².